The van der Waals surface area contributed by atoms with E-state index in [-0.39, 0.29) is 49.9 Å². The predicted molar refractivity (Wildman–Crippen MR) is 246 cm³/mol. The van der Waals surface area contributed by atoms with E-state index >= 15 is 0 Å². The Labute approximate surface area is 352 Å². The first kappa shape index (κ1) is 35.8. The van der Waals surface area contributed by atoms with Crippen molar-refractivity contribution < 1.29 is 40.2 Å². The summed E-state index contributed by atoms with van der Waals surface area (Å²) >= 11 is 0. The first-order chi connectivity index (χ1) is 30.2. The second-order valence-corrected chi connectivity index (χ2v) is 16.4. The third-order valence-corrected chi connectivity index (χ3v) is 13.3. The predicted octanol–water partition coefficient (Wildman–Crippen LogP) is 13.6. The van der Waals surface area contributed by atoms with Gasteiger partial charge in [-0.2, -0.15) is 0 Å². The lowest BCUT2D eigenvalue weighted by molar-refractivity contribution is 0.351. The fraction of sp³-hybridized carbons (Fsp3) is 0.0741. The maximum Gasteiger partial charge on any atom is 0.204 e. The van der Waals surface area contributed by atoms with Gasteiger partial charge in [0.2, 0.25) is 11.5 Å². The van der Waals surface area contributed by atoms with Crippen molar-refractivity contribution in [3.63, 3.8) is 0 Å². The van der Waals surface area contributed by atoms with E-state index in [4.69, 9.17) is 4.42 Å². The van der Waals surface area contributed by atoms with Crippen LogP contribution in [-0.2, 0) is 0 Å². The number of rotatable bonds is 4. The van der Waals surface area contributed by atoms with Crippen molar-refractivity contribution in [2.45, 2.75) is 25.2 Å². The lowest BCUT2D eigenvalue weighted by atomic mass is 9.76. The van der Waals surface area contributed by atoms with Crippen LogP contribution in [0.2, 0.25) is 0 Å². The van der Waals surface area contributed by atoms with Gasteiger partial charge in [-0.1, -0.05) is 122 Å². The number of furan rings is 1. The van der Waals surface area contributed by atoms with Crippen LogP contribution < -0.4 is 0 Å². The number of fused-ring (bicyclic) bond motifs is 10. The molecule has 0 aliphatic heterocycles. The summed E-state index contributed by atoms with van der Waals surface area (Å²) in [5.74, 6) is -5.05. The molecule has 1 aromatic heterocycles. The van der Waals surface area contributed by atoms with Gasteiger partial charge in [-0.15, -0.1) is 0 Å². The van der Waals surface area contributed by atoms with E-state index in [1.165, 1.54) is 0 Å². The molecule has 11 aromatic rings. The second-order valence-electron chi connectivity index (χ2n) is 16.4. The molecule has 8 nitrogen and oxygen atoms in total. The van der Waals surface area contributed by atoms with E-state index in [0.717, 1.165) is 49.9 Å². The quantitative estimate of drug-likeness (QED) is 0.0401. The van der Waals surface area contributed by atoms with Gasteiger partial charge in [-0.05, 0) is 86.1 Å². The van der Waals surface area contributed by atoms with Crippen molar-refractivity contribution in [1.29, 1.82) is 0 Å². The van der Waals surface area contributed by atoms with E-state index in [1.54, 1.807) is 18.2 Å². The van der Waals surface area contributed by atoms with Crippen LogP contribution in [0, 0.1) is 0 Å². The van der Waals surface area contributed by atoms with Crippen molar-refractivity contribution in [2.24, 2.45) is 0 Å². The van der Waals surface area contributed by atoms with Crippen LogP contribution in [0.3, 0.4) is 0 Å². The summed E-state index contributed by atoms with van der Waals surface area (Å²) in [7, 11) is 0. The standard InChI is InChI=1S/C54H36O8/c55-47-40(28-11-7-12-28)48(56)49(57)45-42(35-17-8-18-38-41(35)36-24-23-26-9-1-4-14-32(26)54(36)62-38)46-44(50(58)52(60)53(61)51(46)59)39(43(45)47)29-21-19-27(20-22-29)37-25-30-10-2-3-13-31(30)33-15-5-6-16-34(33)37/h1-6,8-10,13-25,28,55-61H,7,11-12H2. The van der Waals surface area contributed by atoms with Gasteiger partial charge in [0.05, 0.1) is 0 Å². The molecule has 1 saturated carbocycles. The summed E-state index contributed by atoms with van der Waals surface area (Å²) in [6, 6.07) is 43.1. The molecule has 0 bridgehead atoms. The van der Waals surface area contributed by atoms with Crippen molar-refractivity contribution in [1.82, 2.24) is 0 Å². The molecule has 0 saturated heterocycles. The van der Waals surface area contributed by atoms with E-state index in [2.05, 4.69) is 30.3 Å². The zero-order chi connectivity index (χ0) is 42.1. The third kappa shape index (κ3) is 4.77. The Morgan fingerprint density at radius 1 is 0.387 bits per heavy atom. The van der Waals surface area contributed by atoms with Crippen LogP contribution in [-0.4, -0.2) is 35.7 Å². The average molecular weight is 813 g/mol. The maximum absolute atomic E-state index is 12.6. The topological polar surface area (TPSA) is 155 Å². The Hall–Kier alpha value is -8.10. The molecular weight excluding hydrogens is 777 g/mol. The molecule has 12 rings (SSSR count). The number of phenolic OH excluding ortho intramolecular Hbond substituents is 7. The Morgan fingerprint density at radius 3 is 1.66 bits per heavy atom. The number of phenols is 7. The molecule has 0 unspecified atom stereocenters. The maximum atomic E-state index is 12.6. The second kappa shape index (κ2) is 12.9. The highest BCUT2D eigenvalue weighted by Crippen LogP contribution is 2.63. The molecule has 0 atom stereocenters. The number of benzene rings is 10. The number of hydrogen-bond donors (Lipinski definition) is 7. The zero-order valence-corrected chi connectivity index (χ0v) is 32.9. The highest BCUT2D eigenvalue weighted by Gasteiger charge is 2.36. The molecule has 62 heavy (non-hydrogen) atoms. The Balaban J connectivity index is 1.23. The van der Waals surface area contributed by atoms with E-state index in [0.29, 0.717) is 45.9 Å². The smallest absolute Gasteiger partial charge is 0.204 e. The van der Waals surface area contributed by atoms with E-state index in [1.807, 2.05) is 84.9 Å². The van der Waals surface area contributed by atoms with Crippen molar-refractivity contribution >= 4 is 75.8 Å². The van der Waals surface area contributed by atoms with Gasteiger partial charge < -0.3 is 40.2 Å². The normalized spacial score (nSPS) is 13.4. The summed E-state index contributed by atoms with van der Waals surface area (Å²) in [6.07, 6.45) is 2.21. The molecule has 0 spiro atoms. The molecule has 1 aliphatic rings. The minimum Gasteiger partial charge on any atom is -0.507 e. The largest absolute Gasteiger partial charge is 0.507 e. The van der Waals surface area contributed by atoms with Crippen LogP contribution in [0.1, 0.15) is 30.7 Å². The van der Waals surface area contributed by atoms with Gasteiger partial charge in [-0.3, -0.25) is 0 Å². The van der Waals surface area contributed by atoms with Gasteiger partial charge in [0.1, 0.15) is 16.9 Å². The third-order valence-electron chi connectivity index (χ3n) is 13.3. The fourth-order valence-corrected chi connectivity index (χ4v) is 10.2. The molecule has 300 valence electrons. The van der Waals surface area contributed by atoms with Crippen molar-refractivity contribution in [3.05, 3.63) is 139 Å². The number of hydrogen-bond acceptors (Lipinski definition) is 8. The van der Waals surface area contributed by atoms with Crippen LogP contribution in [0.4, 0.5) is 0 Å². The monoisotopic (exact) mass is 812 g/mol. The molecule has 1 heterocycles. The van der Waals surface area contributed by atoms with Gasteiger partial charge in [0.15, 0.2) is 23.0 Å². The number of aromatic hydroxyl groups is 7. The van der Waals surface area contributed by atoms with Gasteiger partial charge in [0.25, 0.3) is 0 Å². The molecule has 8 heteroatoms. The van der Waals surface area contributed by atoms with Crippen LogP contribution in [0.15, 0.2) is 138 Å². The Bertz CT molecular complexity index is 3750. The zero-order valence-electron chi connectivity index (χ0n) is 32.9. The molecule has 10 aromatic carbocycles. The summed E-state index contributed by atoms with van der Waals surface area (Å²) in [5.41, 5.74) is 4.25. The molecule has 0 amide bonds. The highest BCUT2D eigenvalue weighted by atomic mass is 16.3. The summed E-state index contributed by atoms with van der Waals surface area (Å²) in [6.45, 7) is 0. The summed E-state index contributed by atoms with van der Waals surface area (Å²) in [5, 5.41) is 90.9. The van der Waals surface area contributed by atoms with Gasteiger partial charge >= 0.3 is 0 Å². The van der Waals surface area contributed by atoms with Crippen LogP contribution in [0.25, 0.3) is 109 Å². The van der Waals surface area contributed by atoms with Crippen molar-refractivity contribution in [2.75, 3.05) is 0 Å². The summed E-state index contributed by atoms with van der Waals surface area (Å²) < 4.78 is 6.53. The lowest BCUT2D eigenvalue weighted by Crippen LogP contribution is -2.10. The average Bonchev–Trinajstić information content (AvgIpc) is 3.69. The SMILES string of the molecule is Oc1c(O)c(O)c2c(-c3cccc4oc5c6ccccc6ccc5c34)c3c(O)c(O)c(C4CCC4)c(O)c3c(-c3ccc(-c4cc5ccccc5c5ccccc45)cc3)c2c1O. The van der Waals surface area contributed by atoms with Gasteiger partial charge in [-0.25, -0.2) is 0 Å². The highest BCUT2D eigenvalue weighted by molar-refractivity contribution is 6.32. The molecule has 0 radical (unpaired) electrons. The first-order valence-corrected chi connectivity index (χ1v) is 20.6. The molecule has 1 aliphatic carbocycles. The van der Waals surface area contributed by atoms with Gasteiger partial charge in [0, 0.05) is 54.4 Å². The Kier molecular flexibility index (Phi) is 7.48. The Morgan fingerprint density at radius 2 is 0.968 bits per heavy atom. The van der Waals surface area contributed by atoms with Crippen molar-refractivity contribution in [3.8, 4) is 73.6 Å². The molecule has 1 fully saturated rings. The lowest BCUT2D eigenvalue weighted by Gasteiger charge is -2.30. The first-order valence-electron chi connectivity index (χ1n) is 20.6. The van der Waals surface area contributed by atoms with E-state index in [9.17, 15) is 35.7 Å². The minimum atomic E-state index is -0.977. The van der Waals surface area contributed by atoms with E-state index < -0.39 is 34.5 Å². The molecular formula is C54H36O8. The molecule has 7 N–H and O–H groups in total. The van der Waals surface area contributed by atoms with Crippen LogP contribution >= 0.6 is 0 Å². The minimum absolute atomic E-state index is 0.0300. The fourth-order valence-electron chi connectivity index (χ4n) is 10.2. The van der Waals surface area contributed by atoms with Crippen LogP contribution in [0.5, 0.6) is 40.2 Å². The summed E-state index contributed by atoms with van der Waals surface area (Å²) in [4.78, 5) is 0.